The van der Waals surface area contributed by atoms with Crippen molar-refractivity contribution in [2.75, 3.05) is 0 Å². The topological polar surface area (TPSA) is 72.7 Å². The molecule has 2 aromatic carbocycles. The summed E-state index contributed by atoms with van der Waals surface area (Å²) in [5.41, 5.74) is 6.56. The summed E-state index contributed by atoms with van der Waals surface area (Å²) in [7, 11) is 0. The van der Waals surface area contributed by atoms with E-state index in [0.29, 0.717) is 6.54 Å². The molecule has 6 heteroatoms. The third-order valence-corrected chi connectivity index (χ3v) is 5.49. The van der Waals surface area contributed by atoms with E-state index in [1.807, 2.05) is 79.9 Å². The molecule has 0 atom stereocenters. The molecule has 5 rings (SSSR count). The first-order chi connectivity index (χ1) is 16.2. The molecule has 33 heavy (non-hydrogen) atoms. The zero-order valence-corrected chi connectivity index (χ0v) is 18.3. The number of nitrogens with zero attached hydrogens (tertiary/aromatic N) is 4. The fourth-order valence-corrected chi connectivity index (χ4v) is 3.95. The maximum Gasteiger partial charge on any atom is 0.241 e. The van der Waals surface area contributed by atoms with Crippen molar-refractivity contribution in [1.29, 1.82) is 0 Å². The summed E-state index contributed by atoms with van der Waals surface area (Å²) in [4.78, 5) is 21.7. The van der Waals surface area contributed by atoms with Crippen molar-refractivity contribution in [3.05, 3.63) is 103 Å². The van der Waals surface area contributed by atoms with Crippen molar-refractivity contribution in [2.45, 2.75) is 20.0 Å². The number of fused-ring (bicyclic) bond motifs is 1. The van der Waals surface area contributed by atoms with Gasteiger partial charge in [-0.1, -0.05) is 54.1 Å². The summed E-state index contributed by atoms with van der Waals surface area (Å²) in [6, 6.07) is 23.8. The number of nitrogens with one attached hydrogen (secondary N) is 1. The second-order valence-corrected chi connectivity index (χ2v) is 7.95. The molecule has 5 aromatic rings. The first-order valence-electron chi connectivity index (χ1n) is 10.8. The molecule has 0 radical (unpaired) electrons. The molecule has 0 saturated carbocycles. The van der Waals surface area contributed by atoms with Gasteiger partial charge in [0.05, 0.1) is 11.2 Å². The number of carbonyl (C=O) groups is 1. The Bertz CT molecular complexity index is 1420. The molecule has 0 aliphatic carbocycles. The molecule has 0 aliphatic heterocycles. The van der Waals surface area contributed by atoms with Crippen LogP contribution in [0.15, 0.2) is 91.4 Å². The van der Waals surface area contributed by atoms with E-state index >= 15 is 0 Å². The molecule has 0 unspecified atom stereocenters. The highest BCUT2D eigenvalue weighted by atomic mass is 16.2. The number of rotatable bonds is 6. The van der Waals surface area contributed by atoms with Crippen LogP contribution in [0, 0.1) is 6.92 Å². The number of pyridine rings is 2. The van der Waals surface area contributed by atoms with Crippen molar-refractivity contribution >= 4 is 16.8 Å². The molecule has 0 spiro atoms. The Kier molecular flexibility index (Phi) is 5.64. The van der Waals surface area contributed by atoms with Crippen LogP contribution in [-0.2, 0) is 17.9 Å². The number of aromatic nitrogens is 4. The lowest BCUT2D eigenvalue weighted by atomic mass is 10.0. The van der Waals surface area contributed by atoms with Crippen LogP contribution in [0.4, 0.5) is 0 Å². The molecule has 1 N–H and O–H groups in total. The summed E-state index contributed by atoms with van der Waals surface area (Å²) in [5.74, 6) is -0.0993. The quantitative estimate of drug-likeness (QED) is 0.418. The highest BCUT2D eigenvalue weighted by Crippen LogP contribution is 2.34. The smallest absolute Gasteiger partial charge is 0.241 e. The lowest BCUT2D eigenvalue weighted by molar-refractivity contribution is -0.122. The Labute approximate surface area is 192 Å². The van der Waals surface area contributed by atoms with Crippen LogP contribution in [0.3, 0.4) is 0 Å². The number of aryl methyl sites for hydroxylation is 1. The molecule has 0 aliphatic rings. The van der Waals surface area contributed by atoms with Crippen LogP contribution in [0.5, 0.6) is 0 Å². The maximum atomic E-state index is 12.7. The largest absolute Gasteiger partial charge is 0.350 e. The summed E-state index contributed by atoms with van der Waals surface area (Å²) in [6.45, 7) is 2.64. The van der Waals surface area contributed by atoms with Crippen molar-refractivity contribution in [1.82, 2.24) is 25.1 Å². The Morgan fingerprint density at radius 2 is 1.79 bits per heavy atom. The minimum Gasteiger partial charge on any atom is -0.350 e. The van der Waals surface area contributed by atoms with E-state index in [2.05, 4.69) is 21.4 Å². The third kappa shape index (κ3) is 4.50. The third-order valence-electron chi connectivity index (χ3n) is 5.49. The molecular formula is C27H23N5O. The van der Waals surface area contributed by atoms with Crippen LogP contribution in [0.25, 0.3) is 33.4 Å². The van der Waals surface area contributed by atoms with E-state index in [9.17, 15) is 4.79 Å². The molecule has 3 aromatic heterocycles. The normalized spacial score (nSPS) is 10.9. The van der Waals surface area contributed by atoms with Crippen LogP contribution in [0.1, 0.15) is 11.1 Å². The Morgan fingerprint density at radius 1 is 0.909 bits per heavy atom. The molecule has 162 valence electrons. The summed E-state index contributed by atoms with van der Waals surface area (Å²) in [6.07, 6.45) is 5.46. The Balaban J connectivity index is 1.47. The van der Waals surface area contributed by atoms with Crippen molar-refractivity contribution in [3.8, 4) is 22.5 Å². The van der Waals surface area contributed by atoms with Gasteiger partial charge in [-0.05, 0) is 42.3 Å². The molecule has 3 heterocycles. The van der Waals surface area contributed by atoms with Crippen LogP contribution in [-0.4, -0.2) is 25.7 Å². The van der Waals surface area contributed by atoms with Gasteiger partial charge in [0.25, 0.3) is 0 Å². The predicted molar refractivity (Wildman–Crippen MR) is 129 cm³/mol. The Hall–Kier alpha value is -4.32. The standard InChI is InChI=1S/C27H23N5O/c1-19-7-6-8-20(15-19)16-30-26(33)18-32-17-23(27(31-32)25-11-4-5-13-28-25)21-12-14-29-24-10-3-2-9-22(21)24/h2-15,17H,16,18H2,1H3,(H,30,33). The van der Waals surface area contributed by atoms with Crippen molar-refractivity contribution in [3.63, 3.8) is 0 Å². The highest BCUT2D eigenvalue weighted by molar-refractivity contribution is 5.97. The lowest BCUT2D eigenvalue weighted by Crippen LogP contribution is -2.27. The van der Waals surface area contributed by atoms with Crippen LogP contribution >= 0.6 is 0 Å². The number of hydrogen-bond acceptors (Lipinski definition) is 4. The monoisotopic (exact) mass is 433 g/mol. The molecule has 6 nitrogen and oxygen atoms in total. The number of hydrogen-bond donors (Lipinski definition) is 1. The lowest BCUT2D eigenvalue weighted by Gasteiger charge is -2.06. The van der Waals surface area contributed by atoms with E-state index in [1.165, 1.54) is 5.56 Å². The fraction of sp³-hybridized carbons (Fsp3) is 0.111. The van der Waals surface area contributed by atoms with Crippen LogP contribution < -0.4 is 5.32 Å². The van der Waals surface area contributed by atoms with E-state index < -0.39 is 0 Å². The Morgan fingerprint density at radius 3 is 2.64 bits per heavy atom. The van der Waals surface area contributed by atoms with Crippen molar-refractivity contribution in [2.24, 2.45) is 0 Å². The van der Waals surface area contributed by atoms with E-state index in [-0.39, 0.29) is 12.5 Å². The minimum absolute atomic E-state index is 0.0993. The first-order valence-corrected chi connectivity index (χ1v) is 10.8. The van der Waals surface area contributed by atoms with Gasteiger partial charge in [0.15, 0.2) is 0 Å². The summed E-state index contributed by atoms with van der Waals surface area (Å²) < 4.78 is 1.68. The SMILES string of the molecule is Cc1cccc(CNC(=O)Cn2cc(-c3ccnc4ccccc34)c(-c3ccccn3)n2)c1. The van der Waals surface area contributed by atoms with Gasteiger partial charge in [-0.3, -0.25) is 19.4 Å². The number of carbonyl (C=O) groups excluding carboxylic acids is 1. The molecule has 0 bridgehead atoms. The minimum atomic E-state index is -0.0993. The van der Waals surface area contributed by atoms with Gasteiger partial charge >= 0.3 is 0 Å². The zero-order valence-electron chi connectivity index (χ0n) is 18.3. The average Bonchev–Trinajstić information content (AvgIpc) is 3.26. The molecule has 0 fully saturated rings. The highest BCUT2D eigenvalue weighted by Gasteiger charge is 2.17. The van der Waals surface area contributed by atoms with Gasteiger partial charge in [0, 0.05) is 36.1 Å². The van der Waals surface area contributed by atoms with Gasteiger partial charge in [-0.25, -0.2) is 0 Å². The van der Waals surface area contributed by atoms with E-state index in [4.69, 9.17) is 5.10 Å². The summed E-state index contributed by atoms with van der Waals surface area (Å²) in [5, 5.41) is 8.76. The number of benzene rings is 2. The molecule has 1 amide bonds. The average molecular weight is 434 g/mol. The second kappa shape index (κ2) is 9.04. The fourth-order valence-electron chi connectivity index (χ4n) is 3.95. The van der Waals surface area contributed by atoms with Gasteiger partial charge < -0.3 is 5.32 Å². The van der Waals surface area contributed by atoms with E-state index in [0.717, 1.165) is 39.0 Å². The van der Waals surface area contributed by atoms with Gasteiger partial charge in [-0.2, -0.15) is 5.10 Å². The number of amides is 1. The zero-order chi connectivity index (χ0) is 22.6. The number of para-hydroxylation sites is 1. The predicted octanol–water partition coefficient (Wildman–Crippen LogP) is 4.79. The summed E-state index contributed by atoms with van der Waals surface area (Å²) >= 11 is 0. The maximum absolute atomic E-state index is 12.7. The first kappa shape index (κ1) is 20.6. The van der Waals surface area contributed by atoms with Gasteiger partial charge in [0.2, 0.25) is 5.91 Å². The molecule has 0 saturated heterocycles. The second-order valence-electron chi connectivity index (χ2n) is 7.95. The van der Waals surface area contributed by atoms with E-state index in [1.54, 1.807) is 17.1 Å². The molecular weight excluding hydrogens is 410 g/mol. The van der Waals surface area contributed by atoms with Gasteiger partial charge in [0.1, 0.15) is 12.2 Å². The van der Waals surface area contributed by atoms with Gasteiger partial charge in [-0.15, -0.1) is 0 Å². The van der Waals surface area contributed by atoms with Crippen LogP contribution in [0.2, 0.25) is 0 Å². The van der Waals surface area contributed by atoms with Crippen molar-refractivity contribution < 1.29 is 4.79 Å².